The number of ether oxygens (including phenoxy) is 1. The number of hydrogen-bond donors (Lipinski definition) is 1. The van der Waals surface area contributed by atoms with Crippen molar-refractivity contribution in [3.8, 4) is 5.75 Å². The Morgan fingerprint density at radius 1 is 1.07 bits per heavy atom. The molecule has 1 aliphatic rings. The minimum Gasteiger partial charge on any atom is -0.486 e. The van der Waals surface area contributed by atoms with Gasteiger partial charge in [-0.1, -0.05) is 48.1 Å². The van der Waals surface area contributed by atoms with E-state index < -0.39 is 0 Å². The standard InChI is InChI=1S/C20H22N4O2S/c25-18(13-24-10-4-1-5-11-24)21-20-23-22-19(27-20)14-26-17-9-8-15-6-2-3-7-16(15)12-17/h2-3,6-9,12H,1,4-5,10-11,13-14H2,(H,21,23,25). The highest BCUT2D eigenvalue weighted by molar-refractivity contribution is 7.15. The SMILES string of the molecule is O=C(CN1CCCCC1)Nc1nnc(COc2ccc3ccccc3c2)s1. The second-order valence-electron chi connectivity index (χ2n) is 6.68. The summed E-state index contributed by atoms with van der Waals surface area (Å²) in [7, 11) is 0. The highest BCUT2D eigenvalue weighted by Gasteiger charge is 2.15. The number of likely N-dealkylation sites (tertiary alicyclic amines) is 1. The van der Waals surface area contributed by atoms with Crippen LogP contribution < -0.4 is 10.1 Å². The third-order valence-electron chi connectivity index (χ3n) is 4.61. The van der Waals surface area contributed by atoms with Crippen LogP contribution in [0.25, 0.3) is 10.8 Å². The fraction of sp³-hybridized carbons (Fsp3) is 0.350. The number of anilines is 1. The molecule has 27 heavy (non-hydrogen) atoms. The number of aromatic nitrogens is 2. The van der Waals surface area contributed by atoms with Crippen molar-refractivity contribution in [2.24, 2.45) is 0 Å². The number of carbonyl (C=O) groups is 1. The van der Waals surface area contributed by atoms with E-state index in [1.807, 2.05) is 30.3 Å². The van der Waals surface area contributed by atoms with E-state index in [1.165, 1.54) is 36.0 Å². The Kier molecular flexibility index (Phi) is 5.60. The molecule has 0 unspecified atom stereocenters. The van der Waals surface area contributed by atoms with Crippen LogP contribution in [0.5, 0.6) is 5.75 Å². The number of piperidine rings is 1. The largest absolute Gasteiger partial charge is 0.486 e. The van der Waals surface area contributed by atoms with Gasteiger partial charge in [0.25, 0.3) is 0 Å². The van der Waals surface area contributed by atoms with Crippen LogP contribution >= 0.6 is 11.3 Å². The molecule has 0 aliphatic carbocycles. The minimum absolute atomic E-state index is 0.0324. The van der Waals surface area contributed by atoms with E-state index in [2.05, 4.69) is 32.5 Å². The van der Waals surface area contributed by atoms with Crippen molar-refractivity contribution < 1.29 is 9.53 Å². The molecule has 1 fully saturated rings. The van der Waals surface area contributed by atoms with Gasteiger partial charge in [-0.2, -0.15) is 0 Å². The van der Waals surface area contributed by atoms with Crippen molar-refractivity contribution in [3.63, 3.8) is 0 Å². The van der Waals surface area contributed by atoms with Gasteiger partial charge < -0.3 is 4.74 Å². The summed E-state index contributed by atoms with van der Waals surface area (Å²) in [6.45, 7) is 2.74. The van der Waals surface area contributed by atoms with Crippen molar-refractivity contribution in [1.29, 1.82) is 0 Å². The number of benzene rings is 2. The van der Waals surface area contributed by atoms with Crippen LogP contribution in [0.1, 0.15) is 24.3 Å². The second kappa shape index (κ2) is 8.45. The molecule has 2 heterocycles. The molecule has 0 radical (unpaired) electrons. The van der Waals surface area contributed by atoms with E-state index in [1.54, 1.807) is 0 Å². The van der Waals surface area contributed by atoms with Gasteiger partial charge in [0.1, 0.15) is 12.4 Å². The van der Waals surface area contributed by atoms with Crippen LogP contribution in [0.3, 0.4) is 0 Å². The number of fused-ring (bicyclic) bond motifs is 1. The fourth-order valence-electron chi connectivity index (χ4n) is 3.24. The lowest BCUT2D eigenvalue weighted by Crippen LogP contribution is -2.36. The maximum absolute atomic E-state index is 12.1. The lowest BCUT2D eigenvalue weighted by molar-refractivity contribution is -0.117. The first-order chi connectivity index (χ1) is 13.3. The molecule has 1 N–H and O–H groups in total. The maximum atomic E-state index is 12.1. The molecule has 0 spiro atoms. The van der Waals surface area contributed by atoms with Crippen molar-refractivity contribution in [1.82, 2.24) is 15.1 Å². The van der Waals surface area contributed by atoms with Crippen LogP contribution in [-0.2, 0) is 11.4 Å². The first-order valence-corrected chi connectivity index (χ1v) is 10.0. The minimum atomic E-state index is -0.0324. The fourth-order valence-corrected chi connectivity index (χ4v) is 3.91. The highest BCUT2D eigenvalue weighted by Crippen LogP contribution is 2.22. The van der Waals surface area contributed by atoms with E-state index in [0.717, 1.165) is 29.2 Å². The average Bonchev–Trinajstić information content (AvgIpc) is 3.14. The number of amides is 1. The molecule has 2 aromatic carbocycles. The lowest BCUT2D eigenvalue weighted by Gasteiger charge is -2.25. The van der Waals surface area contributed by atoms with Gasteiger partial charge in [-0.25, -0.2) is 0 Å². The summed E-state index contributed by atoms with van der Waals surface area (Å²) in [4.78, 5) is 14.3. The van der Waals surface area contributed by atoms with Gasteiger partial charge in [-0.05, 0) is 48.8 Å². The van der Waals surface area contributed by atoms with Crippen LogP contribution in [-0.4, -0.2) is 40.6 Å². The molecule has 3 aromatic rings. The Bertz CT molecular complexity index is 921. The number of rotatable bonds is 6. The zero-order valence-electron chi connectivity index (χ0n) is 15.1. The topological polar surface area (TPSA) is 67.4 Å². The predicted octanol–water partition coefficient (Wildman–Crippen LogP) is 3.69. The van der Waals surface area contributed by atoms with Gasteiger partial charge in [-0.3, -0.25) is 15.0 Å². The van der Waals surface area contributed by atoms with Gasteiger partial charge >= 0.3 is 0 Å². The summed E-state index contributed by atoms with van der Waals surface area (Å²) in [5.74, 6) is 0.759. The van der Waals surface area contributed by atoms with Gasteiger partial charge in [0.05, 0.1) is 6.54 Å². The molecule has 6 nitrogen and oxygen atoms in total. The Morgan fingerprint density at radius 2 is 1.89 bits per heavy atom. The molecule has 140 valence electrons. The summed E-state index contributed by atoms with van der Waals surface area (Å²) in [6.07, 6.45) is 3.60. The Balaban J connectivity index is 1.30. The number of hydrogen-bond acceptors (Lipinski definition) is 6. The average molecular weight is 382 g/mol. The zero-order valence-corrected chi connectivity index (χ0v) is 15.9. The molecule has 0 atom stereocenters. The van der Waals surface area contributed by atoms with E-state index >= 15 is 0 Å². The maximum Gasteiger partial charge on any atom is 0.240 e. The monoisotopic (exact) mass is 382 g/mol. The molecule has 1 saturated heterocycles. The summed E-state index contributed by atoms with van der Waals surface area (Å²) in [5, 5.41) is 14.6. The third-order valence-corrected chi connectivity index (χ3v) is 5.42. The molecule has 0 saturated carbocycles. The number of carbonyl (C=O) groups excluding carboxylic acids is 1. The second-order valence-corrected chi connectivity index (χ2v) is 7.75. The van der Waals surface area contributed by atoms with Crippen LogP contribution in [0.4, 0.5) is 5.13 Å². The molecular weight excluding hydrogens is 360 g/mol. The van der Waals surface area contributed by atoms with Crippen LogP contribution in [0.2, 0.25) is 0 Å². The normalized spacial score (nSPS) is 15.0. The zero-order chi connectivity index (χ0) is 18.5. The van der Waals surface area contributed by atoms with Crippen molar-refractivity contribution in [2.45, 2.75) is 25.9 Å². The van der Waals surface area contributed by atoms with Crippen molar-refractivity contribution in [3.05, 3.63) is 47.5 Å². The van der Waals surface area contributed by atoms with E-state index in [-0.39, 0.29) is 5.91 Å². The Hall–Kier alpha value is -2.51. The van der Waals surface area contributed by atoms with Crippen LogP contribution in [0, 0.1) is 0 Å². The first kappa shape index (κ1) is 17.9. The molecule has 7 heteroatoms. The first-order valence-electron chi connectivity index (χ1n) is 9.22. The van der Waals surface area contributed by atoms with Gasteiger partial charge in [-0.15, -0.1) is 10.2 Å². The number of nitrogens with one attached hydrogen (secondary N) is 1. The smallest absolute Gasteiger partial charge is 0.240 e. The van der Waals surface area contributed by atoms with Crippen molar-refractivity contribution >= 4 is 33.1 Å². The molecule has 1 aromatic heterocycles. The van der Waals surface area contributed by atoms with Gasteiger partial charge in [0.15, 0.2) is 5.01 Å². The third kappa shape index (κ3) is 4.81. The molecule has 1 amide bonds. The van der Waals surface area contributed by atoms with Crippen LogP contribution in [0.15, 0.2) is 42.5 Å². The predicted molar refractivity (Wildman–Crippen MR) is 107 cm³/mol. The Morgan fingerprint density at radius 3 is 2.74 bits per heavy atom. The summed E-state index contributed by atoms with van der Waals surface area (Å²) in [5.41, 5.74) is 0. The Labute approximate surface area is 162 Å². The molecule has 0 bridgehead atoms. The summed E-state index contributed by atoms with van der Waals surface area (Å²) < 4.78 is 5.83. The summed E-state index contributed by atoms with van der Waals surface area (Å²) >= 11 is 1.35. The molecule has 4 rings (SSSR count). The van der Waals surface area contributed by atoms with Gasteiger partial charge in [0.2, 0.25) is 11.0 Å². The molecule has 1 aliphatic heterocycles. The van der Waals surface area contributed by atoms with E-state index in [9.17, 15) is 4.79 Å². The number of nitrogens with zero attached hydrogens (tertiary/aromatic N) is 3. The van der Waals surface area contributed by atoms with E-state index in [4.69, 9.17) is 4.74 Å². The summed E-state index contributed by atoms with van der Waals surface area (Å²) in [6, 6.07) is 14.2. The quantitative estimate of drug-likeness (QED) is 0.704. The highest BCUT2D eigenvalue weighted by atomic mass is 32.1. The van der Waals surface area contributed by atoms with E-state index in [0.29, 0.717) is 18.3 Å². The molecular formula is C20H22N4O2S. The van der Waals surface area contributed by atoms with Gasteiger partial charge in [0, 0.05) is 0 Å². The lowest BCUT2D eigenvalue weighted by atomic mass is 10.1. The van der Waals surface area contributed by atoms with Crippen molar-refractivity contribution in [2.75, 3.05) is 25.0 Å².